The average molecular weight is 389 g/mol. The van der Waals surface area contributed by atoms with E-state index in [1.165, 1.54) is 12.7 Å². The number of aromatic nitrogens is 6. The van der Waals surface area contributed by atoms with Gasteiger partial charge in [-0.3, -0.25) is 0 Å². The van der Waals surface area contributed by atoms with Crippen LogP contribution in [0.5, 0.6) is 0 Å². The smallest absolute Gasteiger partial charge is 0.137 e. The fraction of sp³-hybridized carbons (Fsp3) is 0.176. The maximum atomic E-state index is 11.6. The molecule has 0 bridgehead atoms. The van der Waals surface area contributed by atoms with E-state index in [4.69, 9.17) is 23.2 Å². The normalized spacial score (nSPS) is 13.8. The summed E-state index contributed by atoms with van der Waals surface area (Å²) in [6.45, 7) is 0.275. The van der Waals surface area contributed by atoms with Crippen LogP contribution in [0.2, 0.25) is 10.0 Å². The molecule has 9 heteroatoms. The van der Waals surface area contributed by atoms with Gasteiger partial charge in [-0.15, -0.1) is 5.10 Å². The lowest BCUT2D eigenvalue weighted by molar-refractivity contribution is -0.00454. The van der Waals surface area contributed by atoms with Crippen molar-refractivity contribution in [1.82, 2.24) is 29.8 Å². The van der Waals surface area contributed by atoms with Crippen molar-refractivity contribution in [3.63, 3.8) is 0 Å². The van der Waals surface area contributed by atoms with E-state index in [2.05, 4.69) is 20.4 Å². The average Bonchev–Trinajstić information content (AvgIpc) is 3.25. The zero-order valence-corrected chi connectivity index (χ0v) is 15.0. The summed E-state index contributed by atoms with van der Waals surface area (Å²) in [7, 11) is 0. The minimum Gasteiger partial charge on any atom is -0.381 e. The first-order valence-corrected chi connectivity index (χ1v) is 8.59. The monoisotopic (exact) mass is 388 g/mol. The van der Waals surface area contributed by atoms with Crippen molar-refractivity contribution in [3.8, 4) is 0 Å². The second-order valence-corrected chi connectivity index (χ2v) is 6.83. The molecule has 0 aliphatic rings. The molecule has 1 atom stereocenters. The van der Waals surface area contributed by atoms with Crippen molar-refractivity contribution in [2.45, 2.75) is 18.7 Å². The quantitative estimate of drug-likeness (QED) is 0.568. The Hall–Kier alpha value is -2.48. The van der Waals surface area contributed by atoms with Crippen molar-refractivity contribution in [2.75, 3.05) is 0 Å². The predicted octanol–water partition coefficient (Wildman–Crippen LogP) is 2.92. The number of fused-ring (bicyclic) bond motifs is 1. The lowest BCUT2D eigenvalue weighted by Crippen LogP contribution is -2.37. The van der Waals surface area contributed by atoms with Gasteiger partial charge in [0, 0.05) is 15.6 Å². The third-order valence-electron chi connectivity index (χ3n) is 4.15. The Bertz CT molecular complexity index is 1050. The molecule has 0 aliphatic heterocycles. The second kappa shape index (κ2) is 6.68. The standard InChI is InChI=1S/C17H14Cl2N6O/c18-12-5-6-13(14(19)7-12)17(26,8-24-11-20-10-21-24)9-25-16-4-2-1-3-15(16)22-23-25/h1-7,10-11,26H,8-9H2/t17-/m0/s1. The molecule has 132 valence electrons. The van der Waals surface area contributed by atoms with Crippen LogP contribution in [0.25, 0.3) is 11.0 Å². The molecule has 7 nitrogen and oxygen atoms in total. The van der Waals surface area contributed by atoms with Crippen LogP contribution in [0.4, 0.5) is 0 Å². The fourth-order valence-electron chi connectivity index (χ4n) is 2.95. The molecule has 0 radical (unpaired) electrons. The van der Waals surface area contributed by atoms with Crippen LogP contribution in [-0.4, -0.2) is 34.9 Å². The third-order valence-corrected chi connectivity index (χ3v) is 4.70. The lowest BCUT2D eigenvalue weighted by atomic mass is 9.93. The molecule has 4 aromatic rings. The van der Waals surface area contributed by atoms with E-state index in [0.29, 0.717) is 15.6 Å². The summed E-state index contributed by atoms with van der Waals surface area (Å²) in [5.74, 6) is 0. The molecule has 1 N–H and O–H groups in total. The zero-order valence-electron chi connectivity index (χ0n) is 13.5. The molecule has 4 rings (SSSR count). The Morgan fingerprint density at radius 3 is 2.69 bits per heavy atom. The summed E-state index contributed by atoms with van der Waals surface area (Å²) < 4.78 is 3.20. The molecule has 2 heterocycles. The van der Waals surface area contributed by atoms with Gasteiger partial charge in [-0.05, 0) is 24.3 Å². The summed E-state index contributed by atoms with van der Waals surface area (Å²) in [6.07, 6.45) is 2.95. The van der Waals surface area contributed by atoms with Crippen molar-refractivity contribution in [3.05, 3.63) is 70.7 Å². The van der Waals surface area contributed by atoms with Crippen LogP contribution in [0.3, 0.4) is 0 Å². The number of hydrogen-bond donors (Lipinski definition) is 1. The minimum absolute atomic E-state index is 0.134. The van der Waals surface area contributed by atoms with Crippen molar-refractivity contribution in [1.29, 1.82) is 0 Å². The minimum atomic E-state index is -1.40. The van der Waals surface area contributed by atoms with Crippen LogP contribution < -0.4 is 0 Å². The maximum Gasteiger partial charge on any atom is 0.137 e. The van der Waals surface area contributed by atoms with Crippen molar-refractivity contribution >= 4 is 34.2 Å². The first kappa shape index (κ1) is 17.0. The molecule has 0 saturated carbocycles. The van der Waals surface area contributed by atoms with Gasteiger partial charge in [0.15, 0.2) is 0 Å². The summed E-state index contributed by atoms with van der Waals surface area (Å²) in [5.41, 5.74) is 0.692. The summed E-state index contributed by atoms with van der Waals surface area (Å²) in [5, 5.41) is 24.8. The molecule has 2 aromatic heterocycles. The SMILES string of the molecule is O[C@@](Cn1cncn1)(Cn1nnc2ccccc21)c1ccc(Cl)cc1Cl. The third kappa shape index (κ3) is 3.16. The largest absolute Gasteiger partial charge is 0.381 e. The Balaban J connectivity index is 1.79. The molecule has 0 fully saturated rings. The van der Waals surface area contributed by atoms with Gasteiger partial charge in [-0.2, -0.15) is 5.10 Å². The summed E-state index contributed by atoms with van der Waals surface area (Å²) in [6, 6.07) is 12.5. The van der Waals surface area contributed by atoms with Gasteiger partial charge < -0.3 is 5.11 Å². The van der Waals surface area contributed by atoms with Gasteiger partial charge in [0.25, 0.3) is 0 Å². The van der Waals surface area contributed by atoms with Gasteiger partial charge in [-0.1, -0.05) is 46.6 Å². The topological polar surface area (TPSA) is 81.6 Å². The highest BCUT2D eigenvalue weighted by molar-refractivity contribution is 6.35. The highest BCUT2D eigenvalue weighted by Gasteiger charge is 2.34. The van der Waals surface area contributed by atoms with E-state index in [1.807, 2.05) is 24.3 Å². The predicted molar refractivity (Wildman–Crippen MR) is 97.9 cm³/mol. The van der Waals surface area contributed by atoms with E-state index in [9.17, 15) is 5.11 Å². The van der Waals surface area contributed by atoms with Crippen LogP contribution >= 0.6 is 23.2 Å². The van der Waals surface area contributed by atoms with Crippen LogP contribution in [0, 0.1) is 0 Å². The van der Waals surface area contributed by atoms with Gasteiger partial charge >= 0.3 is 0 Å². The molecule has 2 aromatic carbocycles. The molecule has 0 unspecified atom stereocenters. The zero-order chi connectivity index (χ0) is 18.1. The number of halogens is 2. The Labute approximate surface area is 158 Å². The number of nitrogens with zero attached hydrogens (tertiary/aromatic N) is 6. The fourth-order valence-corrected chi connectivity index (χ4v) is 3.54. The Morgan fingerprint density at radius 2 is 1.92 bits per heavy atom. The van der Waals surface area contributed by atoms with E-state index >= 15 is 0 Å². The van der Waals surface area contributed by atoms with E-state index in [1.54, 1.807) is 27.6 Å². The highest BCUT2D eigenvalue weighted by atomic mass is 35.5. The molecule has 0 saturated heterocycles. The second-order valence-electron chi connectivity index (χ2n) is 5.98. The van der Waals surface area contributed by atoms with Crippen molar-refractivity contribution < 1.29 is 5.11 Å². The van der Waals surface area contributed by atoms with Gasteiger partial charge in [0.2, 0.25) is 0 Å². The molecule has 26 heavy (non-hydrogen) atoms. The van der Waals surface area contributed by atoms with Gasteiger partial charge in [0.1, 0.15) is 23.8 Å². The van der Waals surface area contributed by atoms with Crippen LogP contribution in [0.15, 0.2) is 55.1 Å². The molecule has 0 spiro atoms. The first-order chi connectivity index (χ1) is 12.5. The number of hydrogen-bond acceptors (Lipinski definition) is 5. The molecular weight excluding hydrogens is 375 g/mol. The Kier molecular flexibility index (Phi) is 4.36. The summed E-state index contributed by atoms with van der Waals surface area (Å²) in [4.78, 5) is 3.94. The summed E-state index contributed by atoms with van der Waals surface area (Å²) >= 11 is 12.4. The van der Waals surface area contributed by atoms with Crippen molar-refractivity contribution in [2.24, 2.45) is 0 Å². The maximum absolute atomic E-state index is 11.6. The number of para-hydroxylation sites is 1. The molecular formula is C17H14Cl2N6O. The number of benzene rings is 2. The van der Waals surface area contributed by atoms with Gasteiger partial charge in [-0.25, -0.2) is 14.3 Å². The van der Waals surface area contributed by atoms with Crippen LogP contribution in [0.1, 0.15) is 5.56 Å². The first-order valence-electron chi connectivity index (χ1n) is 7.84. The number of rotatable bonds is 5. The van der Waals surface area contributed by atoms with E-state index < -0.39 is 5.60 Å². The lowest BCUT2D eigenvalue weighted by Gasteiger charge is -2.29. The highest BCUT2D eigenvalue weighted by Crippen LogP contribution is 2.33. The molecule has 0 aliphatic carbocycles. The van der Waals surface area contributed by atoms with Gasteiger partial charge in [0.05, 0.1) is 18.6 Å². The Morgan fingerprint density at radius 1 is 1.08 bits per heavy atom. The number of aliphatic hydroxyl groups is 1. The van der Waals surface area contributed by atoms with Crippen LogP contribution in [-0.2, 0) is 18.7 Å². The molecule has 0 amide bonds. The van der Waals surface area contributed by atoms with E-state index in [0.717, 1.165) is 11.0 Å². The van der Waals surface area contributed by atoms with E-state index in [-0.39, 0.29) is 13.1 Å².